The minimum absolute atomic E-state index is 0.405. The van der Waals surface area contributed by atoms with Gasteiger partial charge >= 0.3 is 0 Å². The first kappa shape index (κ1) is 32.0. The van der Waals surface area contributed by atoms with E-state index in [2.05, 4.69) is 217 Å². The molecule has 258 valence electrons. The number of fused-ring (bicyclic) bond motifs is 6. The highest BCUT2D eigenvalue weighted by Crippen LogP contribution is 2.49. The number of hydrogen-bond acceptors (Lipinski definition) is 1. The predicted octanol–water partition coefficient (Wildman–Crippen LogP) is 14.5. The van der Waals surface area contributed by atoms with Crippen LogP contribution >= 0.6 is 0 Å². The molecular weight excluding hydrogens is 653 g/mol. The van der Waals surface area contributed by atoms with Gasteiger partial charge in [-0.1, -0.05) is 141 Å². The Bertz CT molecular complexity index is 2780. The Labute approximate surface area is 317 Å². The highest BCUT2D eigenvalue weighted by molar-refractivity contribution is 6.10. The Balaban J connectivity index is 1.07. The van der Waals surface area contributed by atoms with Crippen molar-refractivity contribution in [3.8, 4) is 39.1 Å². The van der Waals surface area contributed by atoms with E-state index in [9.17, 15) is 0 Å². The monoisotopic (exact) mass is 692 g/mol. The topological polar surface area (TPSA) is 8.17 Å². The Hall–Kier alpha value is -6.64. The van der Waals surface area contributed by atoms with Crippen LogP contribution in [0.2, 0.25) is 0 Å². The minimum Gasteiger partial charge on any atom is -0.310 e. The van der Waals surface area contributed by atoms with Crippen molar-refractivity contribution in [3.05, 3.63) is 205 Å². The number of rotatable bonds is 6. The maximum atomic E-state index is 2.43. The lowest BCUT2D eigenvalue weighted by Crippen LogP contribution is -2.15. The summed E-state index contributed by atoms with van der Waals surface area (Å²) in [5.41, 5.74) is 17.4. The van der Waals surface area contributed by atoms with Gasteiger partial charge in [-0.3, -0.25) is 0 Å². The highest BCUT2D eigenvalue weighted by atomic mass is 15.1. The molecule has 0 fully saturated rings. The molecular formula is C52H40N2. The van der Waals surface area contributed by atoms with Crippen LogP contribution in [0.1, 0.15) is 36.8 Å². The molecule has 1 heterocycles. The molecule has 0 N–H and O–H groups in total. The van der Waals surface area contributed by atoms with Gasteiger partial charge in [0.25, 0.3) is 0 Å². The van der Waals surface area contributed by atoms with Crippen LogP contribution in [0, 0.1) is 0 Å². The molecule has 2 heteroatoms. The number of anilines is 3. The molecule has 2 atom stereocenters. The van der Waals surface area contributed by atoms with Crippen molar-refractivity contribution in [2.75, 3.05) is 4.90 Å². The molecule has 0 radical (unpaired) electrons. The van der Waals surface area contributed by atoms with Gasteiger partial charge in [0.05, 0.1) is 11.0 Å². The fourth-order valence-electron chi connectivity index (χ4n) is 8.68. The fraction of sp³-hybridized carbons (Fsp3) is 0.0769. The number of aromatic nitrogens is 1. The normalized spacial score (nSPS) is 14.9. The Kier molecular flexibility index (Phi) is 7.77. The maximum absolute atomic E-state index is 2.43. The smallest absolute Gasteiger partial charge is 0.0541 e. The van der Waals surface area contributed by atoms with E-state index in [0.717, 1.165) is 11.4 Å². The van der Waals surface area contributed by atoms with Gasteiger partial charge in [-0.15, -0.1) is 0 Å². The molecule has 2 nitrogen and oxygen atoms in total. The van der Waals surface area contributed by atoms with Crippen molar-refractivity contribution in [3.63, 3.8) is 0 Å². The van der Waals surface area contributed by atoms with Crippen molar-refractivity contribution in [1.82, 2.24) is 4.57 Å². The number of benzene rings is 8. The van der Waals surface area contributed by atoms with Crippen molar-refractivity contribution in [1.29, 1.82) is 0 Å². The summed E-state index contributed by atoms with van der Waals surface area (Å²) in [6.07, 6.45) is 0. The van der Waals surface area contributed by atoms with Gasteiger partial charge in [0.1, 0.15) is 0 Å². The second-order valence-corrected chi connectivity index (χ2v) is 14.7. The van der Waals surface area contributed by atoms with Crippen LogP contribution in [0.15, 0.2) is 194 Å². The summed E-state index contributed by atoms with van der Waals surface area (Å²) in [6, 6.07) is 71.0. The molecule has 54 heavy (non-hydrogen) atoms. The molecule has 1 aromatic heterocycles. The maximum Gasteiger partial charge on any atom is 0.0541 e. The second kappa shape index (κ2) is 13.1. The molecule has 1 aliphatic carbocycles. The lowest BCUT2D eigenvalue weighted by atomic mass is 9.73. The van der Waals surface area contributed by atoms with Gasteiger partial charge in [0.2, 0.25) is 0 Å². The first-order valence-corrected chi connectivity index (χ1v) is 19.0. The van der Waals surface area contributed by atoms with Gasteiger partial charge in [0, 0.05) is 33.5 Å². The largest absolute Gasteiger partial charge is 0.310 e. The summed E-state index contributed by atoms with van der Waals surface area (Å²) in [7, 11) is 0. The third kappa shape index (κ3) is 5.33. The first-order valence-electron chi connectivity index (χ1n) is 19.0. The molecule has 1 aliphatic rings. The minimum atomic E-state index is 0.405. The summed E-state index contributed by atoms with van der Waals surface area (Å²) >= 11 is 0. The molecule has 0 aliphatic heterocycles. The van der Waals surface area contributed by atoms with Gasteiger partial charge in [-0.25, -0.2) is 0 Å². The fourth-order valence-corrected chi connectivity index (χ4v) is 8.68. The SMILES string of the molecule is CC1c2ccccc2-c2ccc(N(c3ccc(-c4ccccc4)cc3)c3ccc(-c4ccc5c(c4)c4ccccc4n5-c4ccccc4)cc3)cc2C1C. The quantitative estimate of drug-likeness (QED) is 0.168. The third-order valence-electron chi connectivity index (χ3n) is 11.7. The lowest BCUT2D eigenvalue weighted by Gasteiger charge is -2.33. The van der Waals surface area contributed by atoms with Crippen LogP contribution in [0.25, 0.3) is 60.9 Å². The standard InChI is InChI=1S/C52H40N2/c1-35-36(2)49-34-44(30-31-47(49)46-18-10-9-17-45(35)46)53(42-26-21-38(22-27-42)37-13-5-3-6-14-37)43-28-23-39(24-29-43)40-25-32-52-50(33-40)48-19-11-12-20-51(48)54(52)41-15-7-4-8-16-41/h3-36H,1-2H3. The molecule has 0 saturated carbocycles. The molecule has 0 amide bonds. The average Bonchev–Trinajstić information content (AvgIpc) is 3.58. The highest BCUT2D eigenvalue weighted by Gasteiger charge is 2.29. The average molecular weight is 693 g/mol. The van der Waals surface area contributed by atoms with Gasteiger partial charge in [0.15, 0.2) is 0 Å². The van der Waals surface area contributed by atoms with Crippen molar-refractivity contribution in [2.45, 2.75) is 25.7 Å². The molecule has 0 spiro atoms. The Morgan fingerprint density at radius 3 is 1.63 bits per heavy atom. The number of para-hydroxylation sites is 2. The van der Waals surface area contributed by atoms with Crippen LogP contribution in [0.3, 0.4) is 0 Å². The molecule has 0 saturated heterocycles. The van der Waals surface area contributed by atoms with Crippen molar-refractivity contribution < 1.29 is 0 Å². The second-order valence-electron chi connectivity index (χ2n) is 14.7. The number of nitrogens with zero attached hydrogens (tertiary/aromatic N) is 2. The van der Waals surface area contributed by atoms with E-state index in [0.29, 0.717) is 11.8 Å². The van der Waals surface area contributed by atoms with Gasteiger partial charge < -0.3 is 9.47 Å². The summed E-state index contributed by atoms with van der Waals surface area (Å²) in [5.74, 6) is 0.850. The molecule has 9 aromatic rings. The van der Waals surface area contributed by atoms with Gasteiger partial charge in [-0.2, -0.15) is 0 Å². The van der Waals surface area contributed by atoms with Crippen LogP contribution < -0.4 is 4.90 Å². The Morgan fingerprint density at radius 2 is 0.889 bits per heavy atom. The van der Waals surface area contributed by atoms with Gasteiger partial charge in [-0.05, 0) is 123 Å². The van der Waals surface area contributed by atoms with E-state index < -0.39 is 0 Å². The van der Waals surface area contributed by atoms with E-state index >= 15 is 0 Å². The first-order chi connectivity index (χ1) is 26.6. The van der Waals surface area contributed by atoms with Crippen LogP contribution in [-0.4, -0.2) is 4.57 Å². The summed E-state index contributed by atoms with van der Waals surface area (Å²) in [4.78, 5) is 2.41. The van der Waals surface area contributed by atoms with Crippen LogP contribution in [0.4, 0.5) is 17.1 Å². The van der Waals surface area contributed by atoms with Crippen molar-refractivity contribution in [2.24, 2.45) is 0 Å². The Morgan fingerprint density at radius 1 is 0.370 bits per heavy atom. The van der Waals surface area contributed by atoms with E-state index in [1.54, 1.807) is 0 Å². The summed E-state index contributed by atoms with van der Waals surface area (Å²) in [5, 5.41) is 2.52. The van der Waals surface area contributed by atoms with E-state index in [1.807, 2.05) is 0 Å². The van der Waals surface area contributed by atoms with E-state index in [4.69, 9.17) is 0 Å². The molecule has 8 aromatic carbocycles. The zero-order valence-corrected chi connectivity index (χ0v) is 30.5. The lowest BCUT2D eigenvalue weighted by molar-refractivity contribution is 0.616. The molecule has 10 rings (SSSR count). The van der Waals surface area contributed by atoms with E-state index in [1.165, 1.54) is 77.7 Å². The predicted molar refractivity (Wildman–Crippen MR) is 229 cm³/mol. The summed E-state index contributed by atoms with van der Waals surface area (Å²) in [6.45, 7) is 4.75. The van der Waals surface area contributed by atoms with E-state index in [-0.39, 0.29) is 0 Å². The number of hydrogen-bond donors (Lipinski definition) is 0. The molecule has 0 bridgehead atoms. The van der Waals surface area contributed by atoms with Crippen LogP contribution in [0.5, 0.6) is 0 Å². The van der Waals surface area contributed by atoms with Crippen LogP contribution in [-0.2, 0) is 0 Å². The summed E-state index contributed by atoms with van der Waals surface area (Å²) < 4.78 is 2.37. The molecule has 2 unspecified atom stereocenters. The zero-order valence-electron chi connectivity index (χ0n) is 30.5. The van der Waals surface area contributed by atoms with Crippen molar-refractivity contribution >= 4 is 38.9 Å². The third-order valence-corrected chi connectivity index (χ3v) is 11.7. The zero-order chi connectivity index (χ0) is 36.2.